The second kappa shape index (κ2) is 17.1. The van der Waals surface area contributed by atoms with E-state index >= 15 is 0 Å². The molecule has 16 nitrogen and oxygen atoms in total. The van der Waals surface area contributed by atoms with Crippen molar-refractivity contribution >= 4 is 35.0 Å². The highest BCUT2D eigenvalue weighted by atomic mass is 16.5. The minimum Gasteiger partial charge on any atom is -0.453 e. The number of oxazole rings is 1. The van der Waals surface area contributed by atoms with E-state index in [4.69, 9.17) is 19.1 Å². The number of imidazole rings is 2. The van der Waals surface area contributed by atoms with Crippen LogP contribution in [0.25, 0.3) is 45.1 Å². The molecule has 0 saturated carbocycles. The van der Waals surface area contributed by atoms with Crippen LogP contribution in [0.5, 0.6) is 0 Å². The van der Waals surface area contributed by atoms with Crippen molar-refractivity contribution in [3.05, 3.63) is 102 Å². The lowest BCUT2D eigenvalue weighted by molar-refractivity contribution is -0.135. The monoisotopic (exact) mass is 812 g/mol. The molecule has 2 fully saturated rings. The number of nitrogens with one attached hydrogen (secondary N) is 5. The summed E-state index contributed by atoms with van der Waals surface area (Å²) in [5.74, 6) is 1.37. The van der Waals surface area contributed by atoms with E-state index in [1.165, 1.54) is 14.2 Å². The lowest BCUT2D eigenvalue weighted by atomic mass is 10.0. The van der Waals surface area contributed by atoms with Crippen LogP contribution in [-0.4, -0.2) is 91.9 Å². The minimum absolute atomic E-state index is 0.119. The fourth-order valence-electron chi connectivity index (χ4n) is 8.12. The van der Waals surface area contributed by atoms with Gasteiger partial charge in [-0.1, -0.05) is 62.4 Å². The van der Waals surface area contributed by atoms with Crippen molar-refractivity contribution in [2.24, 2.45) is 5.92 Å². The largest absolute Gasteiger partial charge is 0.453 e. The zero-order valence-electron chi connectivity index (χ0n) is 33.9. The van der Waals surface area contributed by atoms with Crippen LogP contribution in [0.1, 0.15) is 74.9 Å². The fourth-order valence-corrected chi connectivity index (χ4v) is 8.12. The van der Waals surface area contributed by atoms with E-state index in [1.54, 1.807) is 22.2 Å². The molecule has 3 aromatic heterocycles. The predicted octanol–water partition coefficient (Wildman–Crippen LogP) is 6.65. The molecule has 4 atom stereocenters. The van der Waals surface area contributed by atoms with E-state index < -0.39 is 24.2 Å². The van der Waals surface area contributed by atoms with Gasteiger partial charge < -0.3 is 44.9 Å². The Bertz CT molecular complexity index is 2490. The molecule has 16 heteroatoms. The first-order chi connectivity index (χ1) is 29.1. The first-order valence-corrected chi connectivity index (χ1v) is 20.2. The lowest BCUT2D eigenvalue weighted by Gasteiger charge is -2.30. The maximum Gasteiger partial charge on any atom is 0.407 e. The van der Waals surface area contributed by atoms with Gasteiger partial charge in [-0.05, 0) is 67.0 Å². The number of fused-ring (bicyclic) bond motifs is 1. The summed E-state index contributed by atoms with van der Waals surface area (Å²) in [6.07, 6.45) is 6.04. The second-order valence-corrected chi connectivity index (χ2v) is 15.4. The van der Waals surface area contributed by atoms with Gasteiger partial charge in [-0.3, -0.25) is 9.59 Å². The van der Waals surface area contributed by atoms with Crippen molar-refractivity contribution in [2.45, 2.75) is 63.7 Å². The second-order valence-electron chi connectivity index (χ2n) is 15.4. The molecule has 5 heterocycles. The molecule has 60 heavy (non-hydrogen) atoms. The molecule has 0 radical (unpaired) electrons. The van der Waals surface area contributed by atoms with E-state index in [2.05, 4.69) is 30.9 Å². The molecular weight excluding hydrogens is 765 g/mol. The number of alkyl carbamates (subject to hydrolysis) is 1. The first-order valence-electron chi connectivity index (χ1n) is 20.2. The van der Waals surface area contributed by atoms with Crippen molar-refractivity contribution in [1.29, 1.82) is 0 Å². The van der Waals surface area contributed by atoms with Crippen LogP contribution in [0.15, 0.2) is 89.6 Å². The lowest BCUT2D eigenvalue weighted by Crippen LogP contribution is -2.51. The molecule has 5 amide bonds. The number of aromatic amines is 2. The third-order valence-electron chi connectivity index (χ3n) is 11.3. The smallest absolute Gasteiger partial charge is 0.407 e. The number of H-pyrrole nitrogens is 2. The maximum atomic E-state index is 14.0. The van der Waals surface area contributed by atoms with Crippen LogP contribution in [0.2, 0.25) is 0 Å². The number of methoxy groups -OCH3 is 1. The predicted molar refractivity (Wildman–Crippen MR) is 223 cm³/mol. The van der Waals surface area contributed by atoms with Crippen LogP contribution < -0.4 is 16.0 Å². The Morgan fingerprint density at radius 3 is 2.00 bits per heavy atom. The molecule has 5 N–H and O–H groups in total. The normalized spacial score (nSPS) is 17.5. The summed E-state index contributed by atoms with van der Waals surface area (Å²) < 4.78 is 11.0. The number of rotatable bonds is 11. The molecule has 0 spiro atoms. The molecule has 0 aliphatic carbocycles. The molecule has 6 aromatic rings. The molecule has 2 aliphatic rings. The van der Waals surface area contributed by atoms with Crippen LogP contribution in [0.4, 0.5) is 9.59 Å². The quantitative estimate of drug-likeness (QED) is 0.0949. The van der Waals surface area contributed by atoms with Crippen molar-refractivity contribution in [3.63, 3.8) is 0 Å². The molecule has 2 aliphatic heterocycles. The average Bonchev–Trinajstić information content (AvgIpc) is 4.13. The molecule has 8 rings (SSSR count). The number of nitrogens with zero attached hydrogens (tertiary/aromatic N) is 5. The Morgan fingerprint density at radius 1 is 0.783 bits per heavy atom. The third-order valence-corrected chi connectivity index (χ3v) is 11.3. The number of hydrogen-bond acceptors (Lipinski definition) is 9. The summed E-state index contributed by atoms with van der Waals surface area (Å²) >= 11 is 0. The highest BCUT2D eigenvalue weighted by molar-refractivity contribution is 5.89. The number of likely N-dealkylation sites (tertiary alicyclic amines) is 2. The first kappa shape index (κ1) is 39.8. The van der Waals surface area contributed by atoms with Crippen LogP contribution in [0, 0.1) is 5.92 Å². The van der Waals surface area contributed by atoms with Gasteiger partial charge in [-0.2, -0.15) is 0 Å². The minimum atomic E-state index is -0.840. The van der Waals surface area contributed by atoms with E-state index in [1.807, 2.05) is 86.6 Å². The van der Waals surface area contributed by atoms with Gasteiger partial charge in [0.1, 0.15) is 29.2 Å². The van der Waals surface area contributed by atoms with Crippen LogP contribution >= 0.6 is 0 Å². The number of ether oxygens (including phenoxy) is 1. The summed E-state index contributed by atoms with van der Waals surface area (Å²) in [6.45, 7) is 4.91. The van der Waals surface area contributed by atoms with Gasteiger partial charge >= 0.3 is 12.1 Å². The molecular formula is C44H48N10O6. The van der Waals surface area contributed by atoms with Gasteiger partial charge in [0.2, 0.25) is 17.7 Å². The van der Waals surface area contributed by atoms with Gasteiger partial charge in [0.25, 0.3) is 0 Å². The summed E-state index contributed by atoms with van der Waals surface area (Å²) in [4.78, 5) is 76.4. The zero-order valence-corrected chi connectivity index (χ0v) is 33.9. The van der Waals surface area contributed by atoms with E-state index in [0.29, 0.717) is 47.3 Å². The van der Waals surface area contributed by atoms with Gasteiger partial charge in [0.15, 0.2) is 5.58 Å². The molecule has 3 aromatic carbocycles. The number of carbonyl (C=O) groups excluding carboxylic acids is 4. The van der Waals surface area contributed by atoms with Crippen molar-refractivity contribution in [2.75, 3.05) is 27.2 Å². The molecule has 2 saturated heterocycles. The van der Waals surface area contributed by atoms with Crippen molar-refractivity contribution in [3.8, 4) is 34.0 Å². The number of urea groups is 1. The molecule has 4 unspecified atom stereocenters. The Hall–Kier alpha value is -6.97. The Labute approximate surface area is 346 Å². The van der Waals surface area contributed by atoms with Crippen LogP contribution in [-0.2, 0) is 14.3 Å². The fraction of sp³-hybridized carbons (Fsp3) is 0.341. The standard InChI is InChI=1S/C44H48N10O6/c1-25(2)36(52-44(58)59-4)41(55)53-20-8-12-33(53)38-46-23-31(48-38)26-14-16-28(17-15-26)40-50-30-19-18-29(22-35(30)60-40)32-24-47-39(49-32)34-13-9-21-54(34)42(56)37(51-43(57)45-3)27-10-6-5-7-11-27/h5-7,10-11,14-19,22-25,33-34,36-37H,8-9,12-13,20-21H2,1-4H3,(H,46,48)(H,47,49)(H,52,58)(H2,45,51,57). The molecule has 0 bridgehead atoms. The maximum absolute atomic E-state index is 14.0. The van der Waals surface area contributed by atoms with Crippen molar-refractivity contribution in [1.82, 2.24) is 50.7 Å². The zero-order chi connectivity index (χ0) is 41.9. The highest BCUT2D eigenvalue weighted by Crippen LogP contribution is 2.36. The van der Waals surface area contributed by atoms with Crippen molar-refractivity contribution < 1.29 is 28.3 Å². The summed E-state index contributed by atoms with van der Waals surface area (Å²) in [5.41, 5.74) is 6.18. The highest BCUT2D eigenvalue weighted by Gasteiger charge is 2.38. The van der Waals surface area contributed by atoms with E-state index in [-0.39, 0.29) is 29.8 Å². The number of hydrogen-bond donors (Lipinski definition) is 5. The Morgan fingerprint density at radius 2 is 1.38 bits per heavy atom. The topological polar surface area (TPSA) is 203 Å². The number of benzene rings is 3. The summed E-state index contributed by atoms with van der Waals surface area (Å²) in [5, 5.41) is 8.06. The van der Waals surface area contributed by atoms with E-state index in [0.717, 1.165) is 53.8 Å². The average molecular weight is 813 g/mol. The van der Waals surface area contributed by atoms with Crippen LogP contribution in [0.3, 0.4) is 0 Å². The number of amides is 5. The third kappa shape index (κ3) is 8.04. The Kier molecular flexibility index (Phi) is 11.3. The Balaban J connectivity index is 0.953. The van der Waals surface area contributed by atoms with Gasteiger partial charge in [-0.15, -0.1) is 0 Å². The van der Waals surface area contributed by atoms with Gasteiger partial charge in [0, 0.05) is 31.3 Å². The molecule has 310 valence electrons. The summed E-state index contributed by atoms with van der Waals surface area (Å²) in [6, 6.07) is 20.4. The number of aromatic nitrogens is 5. The number of carbonyl (C=O) groups is 4. The van der Waals surface area contributed by atoms with Gasteiger partial charge in [0.05, 0.1) is 43.0 Å². The van der Waals surface area contributed by atoms with E-state index in [9.17, 15) is 19.2 Å². The SMILES string of the molecule is CNC(=O)NC(C(=O)N1CCCC1c1ncc(-c2ccc3nc(-c4ccc(-c5cnc(C6CCCN6C(=O)C(NC(=O)OC)C(C)C)[nH]5)cc4)oc3c2)[nH]1)c1ccccc1. The van der Waals surface area contributed by atoms with Gasteiger partial charge in [-0.25, -0.2) is 24.5 Å². The summed E-state index contributed by atoms with van der Waals surface area (Å²) in [7, 11) is 2.80.